The number of halogens is 3. The number of benzene rings is 2. The Labute approximate surface area is 259 Å². The van der Waals surface area contributed by atoms with Gasteiger partial charge in [-0.15, -0.1) is 0 Å². The molecule has 230 valence electrons. The molecule has 0 aliphatic carbocycles. The van der Waals surface area contributed by atoms with E-state index in [9.17, 15) is 23.2 Å². The molecule has 3 aliphatic rings. The quantitative estimate of drug-likeness (QED) is 0.233. The van der Waals surface area contributed by atoms with Crippen LogP contribution in [0.4, 0.5) is 14.5 Å². The zero-order valence-corrected chi connectivity index (χ0v) is 25.4. The van der Waals surface area contributed by atoms with Crippen molar-refractivity contribution < 1.29 is 23.2 Å². The van der Waals surface area contributed by atoms with Crippen LogP contribution in [0.5, 0.6) is 0 Å². The molecule has 2 aromatic carbocycles. The van der Waals surface area contributed by atoms with Crippen molar-refractivity contribution in [2.45, 2.75) is 52.1 Å². The van der Waals surface area contributed by atoms with E-state index in [-0.39, 0.29) is 34.0 Å². The van der Waals surface area contributed by atoms with Crippen molar-refractivity contribution in [2.75, 3.05) is 31.5 Å². The molecule has 8 nitrogen and oxygen atoms in total. The Kier molecular flexibility index (Phi) is 8.30. The van der Waals surface area contributed by atoms with Gasteiger partial charge in [0.15, 0.2) is 0 Å². The molecular weight excluding hydrogens is 588 g/mol. The van der Waals surface area contributed by atoms with Crippen molar-refractivity contribution in [2.24, 2.45) is 0 Å². The zero-order valence-electron chi connectivity index (χ0n) is 24.7. The van der Waals surface area contributed by atoms with E-state index in [2.05, 4.69) is 20.5 Å². The summed E-state index contributed by atoms with van der Waals surface area (Å²) in [5.41, 5.74) is 3.99. The average Bonchev–Trinajstić information content (AvgIpc) is 3.79. The minimum atomic E-state index is -0.928. The summed E-state index contributed by atoms with van der Waals surface area (Å²) >= 11 is 5.76. The first kappa shape index (κ1) is 30.0. The highest BCUT2D eigenvalue weighted by Crippen LogP contribution is 2.35. The monoisotopic (exact) mass is 621 g/mol. The van der Waals surface area contributed by atoms with Crippen LogP contribution >= 0.6 is 11.6 Å². The van der Waals surface area contributed by atoms with Crippen LogP contribution in [0.2, 0.25) is 5.02 Å². The molecule has 0 radical (unpaired) electrons. The number of hydrogen-bond acceptors (Lipinski definition) is 4. The Morgan fingerprint density at radius 1 is 1.09 bits per heavy atom. The van der Waals surface area contributed by atoms with Crippen molar-refractivity contribution in [1.82, 2.24) is 20.1 Å². The summed E-state index contributed by atoms with van der Waals surface area (Å²) in [5, 5.41) is 5.10. The molecule has 0 saturated carbocycles. The molecule has 2 fully saturated rings. The Hall–Kier alpha value is -4.02. The zero-order chi connectivity index (χ0) is 31.1. The van der Waals surface area contributed by atoms with Gasteiger partial charge in [0.05, 0.1) is 16.2 Å². The largest absolute Gasteiger partial charge is 0.358 e. The first-order chi connectivity index (χ1) is 21.1. The first-order valence-electron chi connectivity index (χ1n) is 14.9. The Bertz CT molecular complexity index is 1690. The molecule has 3 aromatic rings. The van der Waals surface area contributed by atoms with Crippen LogP contribution in [0, 0.1) is 25.5 Å². The van der Waals surface area contributed by atoms with E-state index in [0.717, 1.165) is 62.4 Å². The first-order valence-corrected chi connectivity index (χ1v) is 15.3. The van der Waals surface area contributed by atoms with Crippen LogP contribution < -0.4 is 10.6 Å². The summed E-state index contributed by atoms with van der Waals surface area (Å²) in [6, 6.07) is 7.04. The number of carbonyl (C=O) groups is 3. The third kappa shape index (κ3) is 5.64. The molecule has 0 bridgehead atoms. The average molecular weight is 622 g/mol. The smallest absolute Gasteiger partial charge is 0.256 e. The molecule has 3 aliphatic heterocycles. The van der Waals surface area contributed by atoms with E-state index in [0.29, 0.717) is 28.1 Å². The predicted molar refractivity (Wildman–Crippen MR) is 165 cm³/mol. The summed E-state index contributed by atoms with van der Waals surface area (Å²) in [7, 11) is 0. The number of aromatic nitrogens is 1. The van der Waals surface area contributed by atoms with E-state index < -0.39 is 24.1 Å². The van der Waals surface area contributed by atoms with Gasteiger partial charge in [0.2, 0.25) is 0 Å². The van der Waals surface area contributed by atoms with Crippen LogP contribution in [-0.2, 0) is 11.3 Å². The van der Waals surface area contributed by atoms with Gasteiger partial charge in [-0.3, -0.25) is 14.4 Å². The highest BCUT2D eigenvalue weighted by molar-refractivity contribution is 6.35. The number of nitrogens with zero attached hydrogens (tertiary/aromatic N) is 2. The van der Waals surface area contributed by atoms with Crippen LogP contribution in [0.25, 0.3) is 11.6 Å². The van der Waals surface area contributed by atoms with Crippen molar-refractivity contribution in [3.8, 4) is 0 Å². The van der Waals surface area contributed by atoms with Crippen LogP contribution in [0.15, 0.2) is 30.3 Å². The van der Waals surface area contributed by atoms with E-state index in [1.165, 1.54) is 18.9 Å². The number of aromatic amines is 1. The molecule has 4 heterocycles. The second-order valence-corrected chi connectivity index (χ2v) is 12.2. The maximum atomic E-state index is 14.3. The van der Waals surface area contributed by atoms with Gasteiger partial charge in [0, 0.05) is 59.4 Å². The molecule has 44 heavy (non-hydrogen) atoms. The highest BCUT2D eigenvalue weighted by atomic mass is 35.5. The maximum absolute atomic E-state index is 14.3. The molecule has 3 amide bonds. The second kappa shape index (κ2) is 12.2. The van der Waals surface area contributed by atoms with Crippen LogP contribution in [0.1, 0.15) is 74.5 Å². The van der Waals surface area contributed by atoms with E-state index >= 15 is 0 Å². The molecule has 6 rings (SSSR count). The summed E-state index contributed by atoms with van der Waals surface area (Å²) in [6.45, 7) is 7.15. The fourth-order valence-corrected chi connectivity index (χ4v) is 6.73. The van der Waals surface area contributed by atoms with Crippen molar-refractivity contribution in [3.63, 3.8) is 0 Å². The fourth-order valence-electron chi connectivity index (χ4n) is 6.56. The molecule has 2 saturated heterocycles. The van der Waals surface area contributed by atoms with Crippen LogP contribution in [0.3, 0.4) is 0 Å². The van der Waals surface area contributed by atoms with Gasteiger partial charge < -0.3 is 25.4 Å². The molecule has 11 heteroatoms. The summed E-state index contributed by atoms with van der Waals surface area (Å²) in [6.07, 6.45) is 6.10. The SMILES string of the molecule is Cc1[nH]c(C=C2C(=O)Nc3ccc(C(=O)NCc4c(F)ccc(Cl)c4F)cc32)c(C)c1C(=O)N1CCCC1CN1CCCC1. The maximum Gasteiger partial charge on any atom is 0.256 e. The Balaban J connectivity index is 1.23. The van der Waals surface area contributed by atoms with Gasteiger partial charge in [0.25, 0.3) is 17.7 Å². The van der Waals surface area contributed by atoms with Crippen molar-refractivity contribution in [1.29, 1.82) is 0 Å². The summed E-state index contributed by atoms with van der Waals surface area (Å²) in [4.78, 5) is 47.5. The lowest BCUT2D eigenvalue weighted by molar-refractivity contribution is -0.110. The third-order valence-corrected chi connectivity index (χ3v) is 9.21. The van der Waals surface area contributed by atoms with Gasteiger partial charge in [0.1, 0.15) is 11.6 Å². The number of carbonyl (C=O) groups excluding carboxylic acids is 3. The summed E-state index contributed by atoms with van der Waals surface area (Å²) in [5.74, 6) is -2.65. The van der Waals surface area contributed by atoms with Gasteiger partial charge in [-0.05, 0) is 94.6 Å². The molecule has 1 aromatic heterocycles. The lowest BCUT2D eigenvalue weighted by Crippen LogP contribution is -2.42. The predicted octanol–water partition coefficient (Wildman–Crippen LogP) is 5.69. The molecular formula is C33H34ClF2N5O3. The number of rotatable bonds is 7. The van der Waals surface area contributed by atoms with Crippen LogP contribution in [-0.4, -0.2) is 64.7 Å². The lowest BCUT2D eigenvalue weighted by Gasteiger charge is -2.28. The molecule has 1 atom stereocenters. The number of amides is 3. The lowest BCUT2D eigenvalue weighted by atomic mass is 10.0. The van der Waals surface area contributed by atoms with Crippen molar-refractivity contribution in [3.05, 3.63) is 86.2 Å². The molecule has 3 N–H and O–H groups in total. The van der Waals surface area contributed by atoms with E-state index in [4.69, 9.17) is 11.6 Å². The number of likely N-dealkylation sites (tertiary alicyclic amines) is 2. The Morgan fingerprint density at radius 2 is 1.86 bits per heavy atom. The van der Waals surface area contributed by atoms with Crippen molar-refractivity contribution >= 4 is 46.7 Å². The third-order valence-electron chi connectivity index (χ3n) is 8.91. The minimum absolute atomic E-state index is 0.00500. The normalized spacial score (nSPS) is 19.1. The standard InChI is InChI=1S/C33H34ClF2N5O3/c1-18-28(38-19(2)29(18)33(44)41-13-5-6-21(41)17-40-11-3-4-12-40)15-23-22-14-20(7-10-27(22)39-32(23)43)31(42)37-16-24-26(35)9-8-25(34)30(24)36/h7-10,14-15,21,38H,3-6,11-13,16-17H2,1-2H3,(H,37,42)(H,39,43). The number of fused-ring (bicyclic) bond motifs is 1. The number of nitrogens with one attached hydrogen (secondary N) is 3. The second-order valence-electron chi connectivity index (χ2n) is 11.7. The van der Waals surface area contributed by atoms with Gasteiger partial charge >= 0.3 is 0 Å². The number of anilines is 1. The molecule has 1 unspecified atom stereocenters. The summed E-state index contributed by atoms with van der Waals surface area (Å²) < 4.78 is 28.4. The minimum Gasteiger partial charge on any atom is -0.358 e. The fraction of sp³-hybridized carbons (Fsp3) is 0.364. The van der Waals surface area contributed by atoms with Gasteiger partial charge in [-0.1, -0.05) is 11.6 Å². The Morgan fingerprint density at radius 3 is 2.64 bits per heavy atom. The van der Waals surface area contributed by atoms with Gasteiger partial charge in [-0.2, -0.15) is 0 Å². The molecule has 0 spiro atoms. The topological polar surface area (TPSA) is 97.5 Å². The van der Waals surface area contributed by atoms with Gasteiger partial charge in [-0.25, -0.2) is 8.78 Å². The van der Waals surface area contributed by atoms with E-state index in [1.54, 1.807) is 18.2 Å². The number of aryl methyl sites for hydroxylation is 1. The number of hydrogen-bond donors (Lipinski definition) is 3. The highest BCUT2D eigenvalue weighted by Gasteiger charge is 2.34. The number of H-pyrrole nitrogens is 1. The van der Waals surface area contributed by atoms with E-state index in [1.807, 2.05) is 18.7 Å².